The SMILES string of the molecule is CC(C)(C)N1CCC(NS(=O)(=O)c2cccc3cnccc23)CC1. The largest absolute Gasteiger partial charge is 0.298 e. The topological polar surface area (TPSA) is 62.3 Å². The Labute approximate surface area is 144 Å². The van der Waals surface area contributed by atoms with Crippen LogP contribution in [0.5, 0.6) is 0 Å². The van der Waals surface area contributed by atoms with Crippen molar-refractivity contribution in [3.63, 3.8) is 0 Å². The molecule has 1 N–H and O–H groups in total. The summed E-state index contributed by atoms with van der Waals surface area (Å²) in [6.45, 7) is 8.41. The van der Waals surface area contributed by atoms with Crippen LogP contribution < -0.4 is 4.72 Å². The molecule has 0 bridgehead atoms. The lowest BCUT2D eigenvalue weighted by Gasteiger charge is -2.40. The summed E-state index contributed by atoms with van der Waals surface area (Å²) in [5.41, 5.74) is 0.131. The molecule has 1 aromatic carbocycles. The van der Waals surface area contributed by atoms with E-state index in [4.69, 9.17) is 0 Å². The van der Waals surface area contributed by atoms with Crippen LogP contribution in [0.1, 0.15) is 33.6 Å². The first-order valence-electron chi connectivity index (χ1n) is 8.37. The van der Waals surface area contributed by atoms with Gasteiger partial charge in [0.25, 0.3) is 0 Å². The highest BCUT2D eigenvalue weighted by molar-refractivity contribution is 7.89. The Morgan fingerprint density at radius 2 is 1.88 bits per heavy atom. The molecule has 1 aliphatic heterocycles. The van der Waals surface area contributed by atoms with Gasteiger partial charge < -0.3 is 0 Å². The molecule has 24 heavy (non-hydrogen) atoms. The van der Waals surface area contributed by atoms with Crippen molar-refractivity contribution in [3.05, 3.63) is 36.7 Å². The lowest BCUT2D eigenvalue weighted by molar-refractivity contribution is 0.100. The highest BCUT2D eigenvalue weighted by Gasteiger charge is 2.29. The molecule has 0 amide bonds. The number of hydrogen-bond donors (Lipinski definition) is 1. The molecule has 5 nitrogen and oxygen atoms in total. The fraction of sp³-hybridized carbons (Fsp3) is 0.500. The first kappa shape index (κ1) is 17.3. The number of sulfonamides is 1. The van der Waals surface area contributed by atoms with Gasteiger partial charge in [0.2, 0.25) is 10.0 Å². The molecule has 1 fully saturated rings. The van der Waals surface area contributed by atoms with Crippen molar-refractivity contribution in [1.29, 1.82) is 0 Å². The van der Waals surface area contributed by atoms with Crippen LogP contribution in [0.25, 0.3) is 10.8 Å². The molecule has 130 valence electrons. The fourth-order valence-corrected chi connectivity index (χ4v) is 4.81. The third kappa shape index (κ3) is 3.61. The number of fused-ring (bicyclic) bond motifs is 1. The third-order valence-electron chi connectivity index (χ3n) is 4.70. The maximum absolute atomic E-state index is 12.8. The first-order valence-corrected chi connectivity index (χ1v) is 9.86. The van der Waals surface area contributed by atoms with Crippen LogP contribution in [0.2, 0.25) is 0 Å². The number of pyridine rings is 1. The van der Waals surface area contributed by atoms with Crippen molar-refractivity contribution in [2.24, 2.45) is 0 Å². The van der Waals surface area contributed by atoms with Crippen molar-refractivity contribution in [3.8, 4) is 0 Å². The minimum atomic E-state index is -3.54. The average Bonchev–Trinajstić information content (AvgIpc) is 2.53. The summed E-state index contributed by atoms with van der Waals surface area (Å²) in [5, 5.41) is 1.55. The number of nitrogens with one attached hydrogen (secondary N) is 1. The summed E-state index contributed by atoms with van der Waals surface area (Å²) in [6.07, 6.45) is 4.99. The first-order chi connectivity index (χ1) is 11.3. The zero-order chi connectivity index (χ0) is 17.4. The van der Waals surface area contributed by atoms with Crippen LogP contribution in [-0.4, -0.2) is 43.0 Å². The molecule has 1 saturated heterocycles. The normalized spacial score (nSPS) is 18.1. The zero-order valence-electron chi connectivity index (χ0n) is 14.5. The lowest BCUT2D eigenvalue weighted by atomic mass is 9.99. The minimum absolute atomic E-state index is 0.00862. The second-order valence-electron chi connectivity index (χ2n) is 7.41. The Kier molecular flexibility index (Phi) is 4.64. The molecule has 0 atom stereocenters. The van der Waals surface area contributed by atoms with E-state index in [0.717, 1.165) is 31.3 Å². The molecule has 2 heterocycles. The highest BCUT2D eigenvalue weighted by Crippen LogP contribution is 2.24. The van der Waals surface area contributed by atoms with Gasteiger partial charge in [-0.25, -0.2) is 13.1 Å². The highest BCUT2D eigenvalue weighted by atomic mass is 32.2. The Morgan fingerprint density at radius 3 is 2.54 bits per heavy atom. The molecule has 3 rings (SSSR count). The van der Waals surface area contributed by atoms with Gasteiger partial charge in [-0.05, 0) is 45.7 Å². The molecule has 0 spiro atoms. The number of piperidine rings is 1. The molecule has 1 aromatic heterocycles. The summed E-state index contributed by atoms with van der Waals surface area (Å²) in [4.78, 5) is 6.80. The van der Waals surface area contributed by atoms with Gasteiger partial charge in [-0.2, -0.15) is 0 Å². The van der Waals surface area contributed by atoms with Crippen LogP contribution in [0.4, 0.5) is 0 Å². The molecule has 1 aliphatic rings. The molecular weight excluding hydrogens is 322 g/mol. The molecule has 6 heteroatoms. The molecular formula is C18H25N3O2S. The van der Waals surface area contributed by atoms with Gasteiger partial charge in [0.15, 0.2) is 0 Å². The predicted octanol–water partition coefficient (Wildman–Crippen LogP) is 2.78. The van der Waals surface area contributed by atoms with Gasteiger partial charge in [-0.1, -0.05) is 12.1 Å². The fourth-order valence-electron chi connectivity index (χ4n) is 3.28. The summed E-state index contributed by atoms with van der Waals surface area (Å²) in [7, 11) is -3.54. The molecule has 2 aromatic rings. The van der Waals surface area contributed by atoms with Crippen LogP contribution in [0, 0.1) is 0 Å². The standard InChI is InChI=1S/C18H25N3O2S/c1-18(2,3)21-11-8-15(9-12-21)20-24(22,23)17-6-4-5-14-13-19-10-7-16(14)17/h4-7,10,13,15,20H,8-9,11-12H2,1-3H3. The average molecular weight is 347 g/mol. The molecule has 0 saturated carbocycles. The van der Waals surface area contributed by atoms with Crippen LogP contribution in [0.15, 0.2) is 41.6 Å². The van der Waals surface area contributed by atoms with E-state index in [1.54, 1.807) is 30.6 Å². The van der Waals surface area contributed by atoms with E-state index in [0.29, 0.717) is 10.3 Å². The Bertz CT molecular complexity index is 814. The van der Waals surface area contributed by atoms with Gasteiger partial charge in [-0.15, -0.1) is 0 Å². The Hall–Kier alpha value is -1.50. The Morgan fingerprint density at radius 1 is 1.17 bits per heavy atom. The summed E-state index contributed by atoms with van der Waals surface area (Å²) >= 11 is 0. The van der Waals surface area contributed by atoms with E-state index < -0.39 is 10.0 Å². The van der Waals surface area contributed by atoms with Crippen LogP contribution >= 0.6 is 0 Å². The molecule has 0 unspecified atom stereocenters. The summed E-state index contributed by atoms with van der Waals surface area (Å²) in [6, 6.07) is 7.05. The number of rotatable bonds is 3. The van der Waals surface area contributed by atoms with Crippen LogP contribution in [0.3, 0.4) is 0 Å². The quantitative estimate of drug-likeness (QED) is 0.927. The van der Waals surface area contributed by atoms with Crippen molar-refractivity contribution >= 4 is 20.8 Å². The van der Waals surface area contributed by atoms with Crippen molar-refractivity contribution in [1.82, 2.24) is 14.6 Å². The second-order valence-corrected chi connectivity index (χ2v) is 9.09. The number of nitrogens with zero attached hydrogens (tertiary/aromatic N) is 2. The Balaban J connectivity index is 1.78. The smallest absolute Gasteiger partial charge is 0.241 e. The summed E-state index contributed by atoms with van der Waals surface area (Å²) in [5.74, 6) is 0. The van der Waals surface area contributed by atoms with E-state index in [2.05, 4.69) is 35.4 Å². The molecule has 0 aliphatic carbocycles. The van der Waals surface area contributed by atoms with E-state index >= 15 is 0 Å². The van der Waals surface area contributed by atoms with E-state index in [1.165, 1.54) is 0 Å². The lowest BCUT2D eigenvalue weighted by Crippen LogP contribution is -2.50. The number of likely N-dealkylation sites (tertiary alicyclic amines) is 1. The van der Waals surface area contributed by atoms with Gasteiger partial charge >= 0.3 is 0 Å². The van der Waals surface area contributed by atoms with E-state index in [1.807, 2.05) is 6.07 Å². The van der Waals surface area contributed by atoms with E-state index in [-0.39, 0.29) is 11.6 Å². The zero-order valence-corrected chi connectivity index (χ0v) is 15.3. The second kappa shape index (κ2) is 6.43. The van der Waals surface area contributed by atoms with Gasteiger partial charge in [0.05, 0.1) is 4.90 Å². The third-order valence-corrected chi connectivity index (χ3v) is 6.27. The van der Waals surface area contributed by atoms with E-state index in [9.17, 15) is 8.42 Å². The number of hydrogen-bond acceptors (Lipinski definition) is 4. The van der Waals surface area contributed by atoms with Crippen molar-refractivity contribution in [2.45, 2.75) is 50.1 Å². The van der Waals surface area contributed by atoms with Crippen molar-refractivity contribution < 1.29 is 8.42 Å². The number of aromatic nitrogens is 1. The van der Waals surface area contributed by atoms with Gasteiger partial charge in [-0.3, -0.25) is 9.88 Å². The maximum atomic E-state index is 12.8. The number of benzene rings is 1. The molecule has 0 radical (unpaired) electrons. The summed E-state index contributed by atoms with van der Waals surface area (Å²) < 4.78 is 28.6. The minimum Gasteiger partial charge on any atom is -0.298 e. The predicted molar refractivity (Wildman–Crippen MR) is 96.4 cm³/mol. The monoisotopic (exact) mass is 347 g/mol. The van der Waals surface area contributed by atoms with Crippen molar-refractivity contribution in [2.75, 3.05) is 13.1 Å². The van der Waals surface area contributed by atoms with Crippen LogP contribution in [-0.2, 0) is 10.0 Å². The maximum Gasteiger partial charge on any atom is 0.241 e. The van der Waals surface area contributed by atoms with Gasteiger partial charge in [0, 0.05) is 47.8 Å². The van der Waals surface area contributed by atoms with Gasteiger partial charge in [0.1, 0.15) is 0 Å².